The molecule has 1 saturated carbocycles. The van der Waals surface area contributed by atoms with Gasteiger partial charge in [0.25, 0.3) is 0 Å². The SMILES string of the molecule is OC1(CNCc2ccc(F)c(Br)c2)CCCCC1. The van der Waals surface area contributed by atoms with Gasteiger partial charge < -0.3 is 10.4 Å². The van der Waals surface area contributed by atoms with Crippen molar-refractivity contribution in [3.05, 3.63) is 34.1 Å². The Morgan fingerprint density at radius 2 is 2.00 bits per heavy atom. The van der Waals surface area contributed by atoms with Crippen molar-refractivity contribution in [2.75, 3.05) is 6.54 Å². The Balaban J connectivity index is 1.82. The zero-order chi connectivity index (χ0) is 13.0. The number of rotatable bonds is 4. The summed E-state index contributed by atoms with van der Waals surface area (Å²) < 4.78 is 13.5. The van der Waals surface area contributed by atoms with Crippen LogP contribution in [0.3, 0.4) is 0 Å². The van der Waals surface area contributed by atoms with Crippen LogP contribution >= 0.6 is 15.9 Å². The molecular weight excluding hydrogens is 297 g/mol. The summed E-state index contributed by atoms with van der Waals surface area (Å²) in [6.07, 6.45) is 5.22. The fourth-order valence-corrected chi connectivity index (χ4v) is 2.90. The number of nitrogens with one attached hydrogen (secondary N) is 1. The van der Waals surface area contributed by atoms with E-state index in [0.717, 1.165) is 31.2 Å². The third-order valence-electron chi connectivity index (χ3n) is 3.55. The molecule has 4 heteroatoms. The average molecular weight is 316 g/mol. The second kappa shape index (κ2) is 6.13. The predicted molar refractivity (Wildman–Crippen MR) is 73.8 cm³/mol. The van der Waals surface area contributed by atoms with E-state index >= 15 is 0 Å². The molecule has 2 rings (SSSR count). The van der Waals surface area contributed by atoms with Gasteiger partial charge in [0.1, 0.15) is 5.82 Å². The molecule has 1 aromatic carbocycles. The third-order valence-corrected chi connectivity index (χ3v) is 4.16. The molecule has 0 aromatic heterocycles. The highest BCUT2D eigenvalue weighted by Gasteiger charge is 2.28. The summed E-state index contributed by atoms with van der Waals surface area (Å²) >= 11 is 3.17. The van der Waals surface area contributed by atoms with E-state index in [4.69, 9.17) is 0 Å². The zero-order valence-corrected chi connectivity index (χ0v) is 12.0. The summed E-state index contributed by atoms with van der Waals surface area (Å²) in [5.41, 5.74) is 0.470. The van der Waals surface area contributed by atoms with Crippen LogP contribution < -0.4 is 5.32 Å². The minimum absolute atomic E-state index is 0.246. The van der Waals surface area contributed by atoms with Crippen molar-refractivity contribution in [1.82, 2.24) is 5.32 Å². The third kappa shape index (κ3) is 3.77. The smallest absolute Gasteiger partial charge is 0.137 e. The van der Waals surface area contributed by atoms with Crippen LogP contribution in [0.25, 0.3) is 0 Å². The number of halogens is 2. The monoisotopic (exact) mass is 315 g/mol. The molecule has 18 heavy (non-hydrogen) atoms. The van der Waals surface area contributed by atoms with E-state index in [1.165, 1.54) is 12.5 Å². The van der Waals surface area contributed by atoms with Gasteiger partial charge in [0.2, 0.25) is 0 Å². The summed E-state index contributed by atoms with van der Waals surface area (Å²) in [4.78, 5) is 0. The molecule has 2 N–H and O–H groups in total. The van der Waals surface area contributed by atoms with E-state index in [2.05, 4.69) is 21.2 Å². The van der Waals surface area contributed by atoms with Crippen LogP contribution in [-0.4, -0.2) is 17.3 Å². The van der Waals surface area contributed by atoms with E-state index in [-0.39, 0.29) is 5.82 Å². The lowest BCUT2D eigenvalue weighted by Crippen LogP contribution is -2.41. The molecule has 1 aliphatic rings. The minimum atomic E-state index is -0.546. The topological polar surface area (TPSA) is 32.3 Å². The fraction of sp³-hybridized carbons (Fsp3) is 0.571. The van der Waals surface area contributed by atoms with Gasteiger partial charge in [-0.2, -0.15) is 0 Å². The molecule has 0 saturated heterocycles. The molecule has 1 fully saturated rings. The Bertz CT molecular complexity index is 405. The van der Waals surface area contributed by atoms with Crippen LogP contribution in [0.5, 0.6) is 0 Å². The minimum Gasteiger partial charge on any atom is -0.389 e. The van der Waals surface area contributed by atoms with Crippen LogP contribution in [0.15, 0.2) is 22.7 Å². The van der Waals surface area contributed by atoms with Gasteiger partial charge in [0.15, 0.2) is 0 Å². The standard InChI is InChI=1S/C14H19BrFNO/c15-12-8-11(4-5-13(12)16)9-17-10-14(18)6-2-1-3-7-14/h4-5,8,17-18H,1-3,6-7,9-10H2. The Morgan fingerprint density at radius 1 is 1.28 bits per heavy atom. The molecule has 0 unspecified atom stereocenters. The highest BCUT2D eigenvalue weighted by Crippen LogP contribution is 2.27. The molecule has 0 spiro atoms. The normalized spacial score (nSPS) is 18.8. The molecule has 100 valence electrons. The summed E-state index contributed by atoms with van der Waals surface area (Å²) in [7, 11) is 0. The highest BCUT2D eigenvalue weighted by atomic mass is 79.9. The maximum absolute atomic E-state index is 13.1. The molecule has 0 bridgehead atoms. The van der Waals surface area contributed by atoms with Crippen LogP contribution in [0.1, 0.15) is 37.7 Å². The van der Waals surface area contributed by atoms with Crippen molar-refractivity contribution >= 4 is 15.9 Å². The Labute approximate surface area is 116 Å². The van der Waals surface area contributed by atoms with Crippen LogP contribution in [-0.2, 0) is 6.54 Å². The van der Waals surface area contributed by atoms with Gasteiger partial charge in [0.05, 0.1) is 10.1 Å². The number of hydrogen-bond donors (Lipinski definition) is 2. The second-order valence-corrected chi connectivity index (χ2v) is 5.99. The quantitative estimate of drug-likeness (QED) is 0.892. The molecule has 2 nitrogen and oxygen atoms in total. The molecule has 0 amide bonds. The van der Waals surface area contributed by atoms with Gasteiger partial charge in [-0.15, -0.1) is 0 Å². The van der Waals surface area contributed by atoms with Gasteiger partial charge in [-0.05, 0) is 46.5 Å². The van der Waals surface area contributed by atoms with Crippen molar-refractivity contribution < 1.29 is 9.50 Å². The summed E-state index contributed by atoms with van der Waals surface area (Å²) in [5, 5.41) is 13.6. The molecule has 1 aromatic rings. The molecule has 0 heterocycles. The second-order valence-electron chi connectivity index (χ2n) is 5.14. The first-order chi connectivity index (χ1) is 8.59. The maximum Gasteiger partial charge on any atom is 0.137 e. The van der Waals surface area contributed by atoms with Gasteiger partial charge in [-0.3, -0.25) is 0 Å². The van der Waals surface area contributed by atoms with Crippen LogP contribution in [0.4, 0.5) is 4.39 Å². The van der Waals surface area contributed by atoms with Crippen molar-refractivity contribution in [2.24, 2.45) is 0 Å². The van der Waals surface area contributed by atoms with Crippen LogP contribution in [0.2, 0.25) is 0 Å². The number of benzene rings is 1. The van der Waals surface area contributed by atoms with E-state index < -0.39 is 5.60 Å². The Kier molecular flexibility index (Phi) is 4.76. The first-order valence-electron chi connectivity index (χ1n) is 6.46. The lowest BCUT2D eigenvalue weighted by atomic mass is 9.85. The highest BCUT2D eigenvalue weighted by molar-refractivity contribution is 9.10. The summed E-state index contributed by atoms with van der Waals surface area (Å²) in [6.45, 7) is 1.27. The molecule has 0 atom stereocenters. The summed E-state index contributed by atoms with van der Waals surface area (Å²) in [5.74, 6) is -0.246. The van der Waals surface area contributed by atoms with Gasteiger partial charge >= 0.3 is 0 Å². The predicted octanol–water partition coefficient (Wildman–Crippen LogP) is 3.37. The van der Waals surface area contributed by atoms with E-state index in [0.29, 0.717) is 17.6 Å². The van der Waals surface area contributed by atoms with E-state index in [1.807, 2.05) is 0 Å². The average Bonchev–Trinajstić information content (AvgIpc) is 2.34. The maximum atomic E-state index is 13.1. The van der Waals surface area contributed by atoms with Crippen LogP contribution in [0, 0.1) is 5.82 Å². The van der Waals surface area contributed by atoms with Crippen molar-refractivity contribution in [3.63, 3.8) is 0 Å². The lowest BCUT2D eigenvalue weighted by molar-refractivity contribution is 0.00467. The first kappa shape index (κ1) is 14.0. The number of hydrogen-bond acceptors (Lipinski definition) is 2. The molecule has 0 radical (unpaired) electrons. The molecular formula is C14H19BrFNO. The molecule has 1 aliphatic carbocycles. The lowest BCUT2D eigenvalue weighted by Gasteiger charge is -2.32. The van der Waals surface area contributed by atoms with Gasteiger partial charge in [-0.25, -0.2) is 4.39 Å². The number of aliphatic hydroxyl groups is 1. The molecule has 0 aliphatic heterocycles. The Hall–Kier alpha value is -0.450. The van der Waals surface area contributed by atoms with Crippen molar-refractivity contribution in [1.29, 1.82) is 0 Å². The summed E-state index contributed by atoms with van der Waals surface area (Å²) in [6, 6.07) is 4.99. The first-order valence-corrected chi connectivity index (χ1v) is 7.25. The Morgan fingerprint density at radius 3 is 2.67 bits per heavy atom. The van der Waals surface area contributed by atoms with E-state index in [9.17, 15) is 9.50 Å². The van der Waals surface area contributed by atoms with E-state index in [1.54, 1.807) is 12.1 Å². The largest absolute Gasteiger partial charge is 0.389 e. The van der Waals surface area contributed by atoms with Gasteiger partial charge in [-0.1, -0.05) is 25.3 Å². The fourth-order valence-electron chi connectivity index (χ4n) is 2.48. The van der Waals surface area contributed by atoms with Crippen molar-refractivity contribution in [2.45, 2.75) is 44.2 Å². The van der Waals surface area contributed by atoms with Gasteiger partial charge in [0, 0.05) is 13.1 Å². The zero-order valence-electron chi connectivity index (χ0n) is 10.4. The van der Waals surface area contributed by atoms with Crippen molar-refractivity contribution in [3.8, 4) is 0 Å².